The fraction of sp³-hybridized carbons (Fsp3) is 0.0714. The Balaban J connectivity index is 2.43. The first-order valence-electron chi connectivity index (χ1n) is 5.33. The minimum atomic E-state index is -1.08. The molecule has 2 aromatic carbocycles. The number of hydrogen-bond acceptors (Lipinski definition) is 3. The van der Waals surface area contributed by atoms with Crippen LogP contribution >= 0.6 is 0 Å². The Bertz CT molecular complexity index is 656. The van der Waals surface area contributed by atoms with Crippen molar-refractivity contribution in [2.45, 2.75) is 6.10 Å². The second-order valence-corrected chi connectivity index (χ2v) is 4.07. The number of aliphatic hydroxyl groups excluding tert-OH is 1. The van der Waals surface area contributed by atoms with Gasteiger partial charge in [-0.25, -0.2) is 0 Å². The van der Waals surface area contributed by atoms with E-state index in [9.17, 15) is 15.0 Å². The second kappa shape index (κ2) is 3.43. The normalized spacial score (nSPS) is 18.4. The number of benzene rings is 2. The van der Waals surface area contributed by atoms with Crippen LogP contribution in [0.2, 0.25) is 0 Å². The average molecular weight is 226 g/mol. The van der Waals surface area contributed by atoms with Crippen LogP contribution in [0.3, 0.4) is 0 Å². The molecule has 3 nitrogen and oxygen atoms in total. The van der Waals surface area contributed by atoms with Crippen LogP contribution < -0.4 is 0 Å². The van der Waals surface area contributed by atoms with E-state index in [0.29, 0.717) is 16.5 Å². The van der Waals surface area contributed by atoms with Crippen molar-refractivity contribution in [3.63, 3.8) is 0 Å². The number of phenolic OH excluding ortho intramolecular Hbond substituents is 1. The van der Waals surface area contributed by atoms with Crippen LogP contribution in [0.4, 0.5) is 0 Å². The topological polar surface area (TPSA) is 57.5 Å². The molecular formula is C14H10O3. The van der Waals surface area contributed by atoms with Gasteiger partial charge in [-0.05, 0) is 23.1 Å². The van der Waals surface area contributed by atoms with Gasteiger partial charge in [-0.15, -0.1) is 0 Å². The molecule has 2 aromatic rings. The zero-order valence-electron chi connectivity index (χ0n) is 8.92. The molecule has 0 bridgehead atoms. The number of aromatic hydroxyl groups is 1. The molecule has 0 saturated carbocycles. The van der Waals surface area contributed by atoms with Crippen LogP contribution in [0, 0.1) is 0 Å². The summed E-state index contributed by atoms with van der Waals surface area (Å²) in [6, 6.07) is 8.68. The highest BCUT2D eigenvalue weighted by Crippen LogP contribution is 2.33. The molecule has 0 spiro atoms. The van der Waals surface area contributed by atoms with Crippen LogP contribution in [-0.2, 0) is 0 Å². The molecule has 1 aliphatic carbocycles. The van der Waals surface area contributed by atoms with Crippen molar-refractivity contribution in [2.24, 2.45) is 0 Å². The van der Waals surface area contributed by atoms with E-state index in [1.807, 2.05) is 6.07 Å². The lowest BCUT2D eigenvalue weighted by atomic mass is 9.90. The van der Waals surface area contributed by atoms with E-state index in [1.165, 1.54) is 6.08 Å². The molecule has 0 heterocycles. The summed E-state index contributed by atoms with van der Waals surface area (Å²) in [6.07, 6.45) is 2.05. The first-order valence-corrected chi connectivity index (χ1v) is 5.33. The minimum absolute atomic E-state index is 0.146. The monoisotopic (exact) mass is 226 g/mol. The second-order valence-electron chi connectivity index (χ2n) is 4.07. The van der Waals surface area contributed by atoms with Gasteiger partial charge in [-0.2, -0.15) is 0 Å². The molecule has 3 heteroatoms. The Labute approximate surface area is 97.6 Å². The van der Waals surface area contributed by atoms with Crippen molar-refractivity contribution >= 4 is 22.6 Å². The highest BCUT2D eigenvalue weighted by atomic mass is 16.3. The number of rotatable bonds is 0. The van der Waals surface area contributed by atoms with Gasteiger partial charge in [0.05, 0.1) is 0 Å². The van der Waals surface area contributed by atoms with Crippen LogP contribution in [0.15, 0.2) is 36.4 Å². The molecule has 1 atom stereocenters. The van der Waals surface area contributed by atoms with E-state index in [-0.39, 0.29) is 11.5 Å². The third-order valence-electron chi connectivity index (χ3n) is 3.04. The quantitative estimate of drug-likeness (QED) is 0.723. The highest BCUT2D eigenvalue weighted by Gasteiger charge is 2.23. The van der Waals surface area contributed by atoms with E-state index in [0.717, 1.165) is 5.39 Å². The van der Waals surface area contributed by atoms with Gasteiger partial charge >= 0.3 is 0 Å². The molecule has 2 N–H and O–H groups in total. The molecule has 0 radical (unpaired) electrons. The molecule has 0 amide bonds. The predicted octanol–water partition coefficient (Wildman–Crippen LogP) is 2.12. The lowest BCUT2D eigenvalue weighted by Crippen LogP contribution is -2.21. The molecule has 3 rings (SSSR count). The fourth-order valence-electron chi connectivity index (χ4n) is 2.21. The Hall–Kier alpha value is -2.13. The van der Waals surface area contributed by atoms with Gasteiger partial charge in [0.25, 0.3) is 0 Å². The van der Waals surface area contributed by atoms with Gasteiger partial charge in [0, 0.05) is 10.9 Å². The summed E-state index contributed by atoms with van der Waals surface area (Å²) in [5, 5.41) is 20.9. The minimum Gasteiger partial charge on any atom is -0.507 e. The lowest BCUT2D eigenvalue weighted by molar-refractivity contribution is 0.0818. The Morgan fingerprint density at radius 3 is 2.76 bits per heavy atom. The van der Waals surface area contributed by atoms with Gasteiger partial charge < -0.3 is 10.2 Å². The molecule has 84 valence electrons. The zero-order valence-corrected chi connectivity index (χ0v) is 8.92. The number of carbonyl (C=O) groups excluding carboxylic acids is 1. The maximum atomic E-state index is 11.8. The van der Waals surface area contributed by atoms with E-state index in [4.69, 9.17) is 0 Å². The maximum Gasteiger partial charge on any atom is 0.195 e. The molecule has 0 saturated heterocycles. The SMILES string of the molecule is O=C1c2ccc3cccc(O)c3c2C=CC1O. The third kappa shape index (κ3) is 1.36. The highest BCUT2D eigenvalue weighted by molar-refractivity contribution is 6.12. The molecule has 1 unspecified atom stereocenters. The largest absolute Gasteiger partial charge is 0.507 e. The summed E-state index contributed by atoms with van der Waals surface area (Å²) in [7, 11) is 0. The number of Topliss-reactive ketones (excluding diaryl/α,β-unsaturated/α-hetero) is 1. The Kier molecular flexibility index (Phi) is 2.03. The number of carbonyl (C=O) groups is 1. The Morgan fingerprint density at radius 2 is 1.94 bits per heavy atom. The van der Waals surface area contributed by atoms with Crippen molar-refractivity contribution in [2.75, 3.05) is 0 Å². The smallest absolute Gasteiger partial charge is 0.195 e. The maximum absolute atomic E-state index is 11.8. The van der Waals surface area contributed by atoms with Crippen molar-refractivity contribution in [1.29, 1.82) is 0 Å². The summed E-state index contributed by atoms with van der Waals surface area (Å²) >= 11 is 0. The number of ketones is 1. The van der Waals surface area contributed by atoms with Gasteiger partial charge in [0.2, 0.25) is 0 Å². The summed E-state index contributed by atoms with van der Waals surface area (Å²) < 4.78 is 0. The van der Waals surface area contributed by atoms with Crippen LogP contribution in [0.5, 0.6) is 5.75 Å². The first-order chi connectivity index (χ1) is 8.18. The molecule has 17 heavy (non-hydrogen) atoms. The van der Waals surface area contributed by atoms with Crippen LogP contribution in [0.25, 0.3) is 16.8 Å². The van der Waals surface area contributed by atoms with Crippen molar-refractivity contribution in [1.82, 2.24) is 0 Å². The van der Waals surface area contributed by atoms with Crippen LogP contribution in [-0.4, -0.2) is 22.1 Å². The van der Waals surface area contributed by atoms with Gasteiger partial charge in [-0.1, -0.05) is 30.3 Å². The first kappa shape index (κ1) is 10.1. The molecule has 0 aliphatic heterocycles. The van der Waals surface area contributed by atoms with E-state index in [1.54, 1.807) is 30.3 Å². The fourth-order valence-corrected chi connectivity index (χ4v) is 2.21. The average Bonchev–Trinajstić information content (AvgIpc) is 2.33. The summed E-state index contributed by atoms with van der Waals surface area (Å²) in [5.74, 6) is -0.180. The van der Waals surface area contributed by atoms with Gasteiger partial charge in [0.1, 0.15) is 11.9 Å². The lowest BCUT2D eigenvalue weighted by Gasteiger charge is -2.16. The van der Waals surface area contributed by atoms with E-state index < -0.39 is 6.10 Å². The molecular weight excluding hydrogens is 216 g/mol. The standard InChI is InChI=1S/C14H10O3/c15-11-3-1-2-8-4-5-10-9(13(8)11)6-7-12(16)14(10)17/h1-7,12,15-16H. The van der Waals surface area contributed by atoms with Gasteiger partial charge in [-0.3, -0.25) is 4.79 Å². The summed E-state index contributed by atoms with van der Waals surface area (Å²) in [4.78, 5) is 11.8. The van der Waals surface area contributed by atoms with Crippen molar-refractivity contribution in [3.8, 4) is 5.75 Å². The number of hydrogen-bond donors (Lipinski definition) is 2. The van der Waals surface area contributed by atoms with Gasteiger partial charge in [0.15, 0.2) is 5.78 Å². The third-order valence-corrected chi connectivity index (χ3v) is 3.04. The summed E-state index contributed by atoms with van der Waals surface area (Å²) in [5.41, 5.74) is 1.13. The predicted molar refractivity (Wildman–Crippen MR) is 65.0 cm³/mol. The molecule has 0 fully saturated rings. The van der Waals surface area contributed by atoms with Crippen molar-refractivity contribution < 1.29 is 15.0 Å². The Morgan fingerprint density at radius 1 is 1.12 bits per heavy atom. The zero-order chi connectivity index (χ0) is 12.0. The molecule has 0 aromatic heterocycles. The number of phenols is 1. The number of fused-ring (bicyclic) bond motifs is 3. The van der Waals surface area contributed by atoms with Crippen LogP contribution in [0.1, 0.15) is 15.9 Å². The van der Waals surface area contributed by atoms with E-state index in [2.05, 4.69) is 0 Å². The molecule has 1 aliphatic rings. The number of aliphatic hydroxyl groups is 1. The van der Waals surface area contributed by atoms with E-state index >= 15 is 0 Å². The summed E-state index contributed by atoms with van der Waals surface area (Å²) in [6.45, 7) is 0. The van der Waals surface area contributed by atoms with Crippen molar-refractivity contribution in [3.05, 3.63) is 47.5 Å².